The van der Waals surface area contributed by atoms with Crippen LogP contribution in [0.15, 0.2) is 28.1 Å². The van der Waals surface area contributed by atoms with E-state index in [-0.39, 0.29) is 12.4 Å². The monoisotopic (exact) mass is 371 g/mol. The van der Waals surface area contributed by atoms with Gasteiger partial charge >= 0.3 is 0 Å². The number of rotatable bonds is 5. The fraction of sp³-hybridized carbons (Fsp3) is 0.273. The molecule has 0 saturated heterocycles. The van der Waals surface area contributed by atoms with E-state index in [9.17, 15) is 0 Å². The Hall–Kier alpha value is 0.420. The fourth-order valence-corrected chi connectivity index (χ4v) is 3.86. The normalized spacial score (nSPS) is 10.2. The predicted molar refractivity (Wildman–Crippen MR) is 84.0 cm³/mol. The second-order valence-electron chi connectivity index (χ2n) is 3.36. The van der Waals surface area contributed by atoms with Gasteiger partial charge in [-0.3, -0.25) is 0 Å². The molecule has 6 heteroatoms. The number of hydrogen-bond acceptors (Lipinski definition) is 3. The summed E-state index contributed by atoms with van der Waals surface area (Å²) in [4.78, 5) is 2.70. The summed E-state index contributed by atoms with van der Waals surface area (Å²) >= 11 is 12.7. The second kappa shape index (κ2) is 7.77. The number of halogens is 3. The molecule has 1 nitrogen and oxygen atoms in total. The van der Waals surface area contributed by atoms with E-state index in [4.69, 9.17) is 11.6 Å². The van der Waals surface area contributed by atoms with Crippen molar-refractivity contribution in [1.82, 2.24) is 5.32 Å². The van der Waals surface area contributed by atoms with Gasteiger partial charge in [-0.05, 0) is 40.5 Å². The van der Waals surface area contributed by atoms with E-state index < -0.39 is 0 Å². The van der Waals surface area contributed by atoms with Crippen LogP contribution in [-0.4, -0.2) is 6.54 Å². The Balaban J connectivity index is 0.00000144. The van der Waals surface area contributed by atoms with Gasteiger partial charge in [0.25, 0.3) is 0 Å². The molecule has 0 aliphatic heterocycles. The molecule has 2 heterocycles. The lowest BCUT2D eigenvalue weighted by Crippen LogP contribution is -2.15. The van der Waals surface area contributed by atoms with Crippen molar-refractivity contribution in [2.24, 2.45) is 0 Å². The van der Waals surface area contributed by atoms with Crippen molar-refractivity contribution in [1.29, 1.82) is 0 Å². The molecule has 0 atom stereocenters. The highest BCUT2D eigenvalue weighted by atomic mass is 79.9. The van der Waals surface area contributed by atoms with Crippen molar-refractivity contribution >= 4 is 62.6 Å². The third-order valence-corrected chi connectivity index (χ3v) is 5.09. The Morgan fingerprint density at radius 2 is 2.12 bits per heavy atom. The average molecular weight is 373 g/mol. The predicted octanol–water partition coefficient (Wildman–Crippen LogP) is 4.98. The van der Waals surface area contributed by atoms with Gasteiger partial charge in [0.2, 0.25) is 0 Å². The quantitative estimate of drug-likeness (QED) is 0.729. The average Bonchev–Trinajstić information content (AvgIpc) is 2.83. The minimum atomic E-state index is 0. The van der Waals surface area contributed by atoms with Crippen LogP contribution in [0.25, 0.3) is 0 Å². The summed E-state index contributed by atoms with van der Waals surface area (Å²) in [5.41, 5.74) is 0. The van der Waals surface area contributed by atoms with Crippen LogP contribution in [0.4, 0.5) is 0 Å². The molecule has 0 saturated carbocycles. The summed E-state index contributed by atoms with van der Waals surface area (Å²) in [5.74, 6) is 0. The number of thiophene rings is 2. The zero-order valence-corrected chi connectivity index (χ0v) is 13.7. The zero-order chi connectivity index (χ0) is 11.4. The second-order valence-corrected chi connectivity index (χ2v) is 7.07. The van der Waals surface area contributed by atoms with Gasteiger partial charge in [-0.25, -0.2) is 0 Å². The third kappa shape index (κ3) is 5.28. The van der Waals surface area contributed by atoms with Crippen molar-refractivity contribution in [2.45, 2.75) is 13.0 Å². The van der Waals surface area contributed by atoms with Crippen LogP contribution in [0.3, 0.4) is 0 Å². The Kier molecular flexibility index (Phi) is 7.07. The van der Waals surface area contributed by atoms with Crippen LogP contribution in [0, 0.1) is 0 Å². The minimum Gasteiger partial charge on any atom is -0.311 e. The summed E-state index contributed by atoms with van der Waals surface area (Å²) in [5, 5.41) is 5.53. The maximum absolute atomic E-state index is 5.87. The van der Waals surface area contributed by atoms with Crippen molar-refractivity contribution in [3.05, 3.63) is 42.1 Å². The Morgan fingerprint density at radius 1 is 1.29 bits per heavy atom. The number of hydrogen-bond donors (Lipinski definition) is 1. The van der Waals surface area contributed by atoms with E-state index in [0.717, 1.165) is 23.8 Å². The Labute approximate surface area is 129 Å². The van der Waals surface area contributed by atoms with Crippen molar-refractivity contribution in [3.8, 4) is 0 Å². The van der Waals surface area contributed by atoms with E-state index in [1.54, 1.807) is 22.7 Å². The molecule has 0 aliphatic carbocycles. The van der Waals surface area contributed by atoms with Gasteiger partial charge in [0, 0.05) is 32.7 Å². The van der Waals surface area contributed by atoms with Crippen molar-refractivity contribution in [3.63, 3.8) is 0 Å². The lowest BCUT2D eigenvalue weighted by atomic mass is 10.3. The van der Waals surface area contributed by atoms with E-state index >= 15 is 0 Å². The summed E-state index contributed by atoms with van der Waals surface area (Å²) < 4.78 is 2.04. The summed E-state index contributed by atoms with van der Waals surface area (Å²) in [7, 11) is 0. The molecule has 0 spiro atoms. The SMILES string of the molecule is Cl.Clc1ccc(CCNCc2cc(Br)cs2)s1. The highest BCUT2D eigenvalue weighted by Gasteiger charge is 1.99. The van der Waals surface area contributed by atoms with Crippen molar-refractivity contribution in [2.75, 3.05) is 6.54 Å². The molecule has 0 fully saturated rings. The van der Waals surface area contributed by atoms with Gasteiger partial charge in [0.05, 0.1) is 4.34 Å². The zero-order valence-electron chi connectivity index (χ0n) is 8.91. The minimum absolute atomic E-state index is 0. The largest absolute Gasteiger partial charge is 0.311 e. The van der Waals surface area contributed by atoms with Crippen LogP contribution < -0.4 is 5.32 Å². The molecule has 2 aromatic rings. The van der Waals surface area contributed by atoms with Crippen molar-refractivity contribution < 1.29 is 0 Å². The maximum atomic E-state index is 5.87. The molecule has 94 valence electrons. The van der Waals surface area contributed by atoms with Crippen LogP contribution in [0.1, 0.15) is 9.75 Å². The molecule has 0 radical (unpaired) electrons. The van der Waals surface area contributed by atoms with E-state index in [0.29, 0.717) is 0 Å². The molecule has 17 heavy (non-hydrogen) atoms. The maximum Gasteiger partial charge on any atom is 0.0931 e. The first-order valence-electron chi connectivity index (χ1n) is 4.92. The third-order valence-electron chi connectivity index (χ3n) is 2.10. The molecule has 0 aromatic carbocycles. The van der Waals surface area contributed by atoms with Gasteiger partial charge in [-0.15, -0.1) is 35.1 Å². The standard InChI is InChI=1S/C11H11BrClNS2.ClH/c12-8-5-10(15-7-8)6-14-4-3-9-1-2-11(13)16-9;/h1-2,5,7,14H,3-4,6H2;1H. The molecular weight excluding hydrogens is 361 g/mol. The van der Waals surface area contributed by atoms with E-state index in [1.807, 2.05) is 6.07 Å². The summed E-state index contributed by atoms with van der Waals surface area (Å²) in [6.07, 6.45) is 1.05. The highest BCUT2D eigenvalue weighted by molar-refractivity contribution is 9.10. The molecule has 1 N–H and O–H groups in total. The first-order chi connectivity index (χ1) is 7.74. The smallest absolute Gasteiger partial charge is 0.0931 e. The highest BCUT2D eigenvalue weighted by Crippen LogP contribution is 2.22. The van der Waals surface area contributed by atoms with Gasteiger partial charge in [-0.2, -0.15) is 0 Å². The van der Waals surface area contributed by atoms with Gasteiger partial charge in [-0.1, -0.05) is 11.6 Å². The molecule has 2 rings (SSSR count). The van der Waals surface area contributed by atoms with Crippen LogP contribution in [0.2, 0.25) is 4.34 Å². The summed E-state index contributed by atoms with van der Waals surface area (Å²) in [6, 6.07) is 6.20. The lowest BCUT2D eigenvalue weighted by molar-refractivity contribution is 0.697. The molecule has 0 bridgehead atoms. The van der Waals surface area contributed by atoms with Gasteiger partial charge in [0.1, 0.15) is 0 Å². The van der Waals surface area contributed by atoms with Gasteiger partial charge in [0.15, 0.2) is 0 Å². The van der Waals surface area contributed by atoms with E-state index in [1.165, 1.54) is 14.2 Å². The molecule has 0 amide bonds. The van der Waals surface area contributed by atoms with E-state index in [2.05, 4.69) is 38.8 Å². The van der Waals surface area contributed by atoms with Crippen LogP contribution in [-0.2, 0) is 13.0 Å². The Bertz CT molecular complexity index is 414. The first-order valence-corrected chi connectivity index (χ1v) is 7.78. The van der Waals surface area contributed by atoms with Crippen LogP contribution in [0.5, 0.6) is 0 Å². The topological polar surface area (TPSA) is 12.0 Å². The lowest BCUT2D eigenvalue weighted by Gasteiger charge is -2.00. The molecule has 0 unspecified atom stereocenters. The molecule has 0 aliphatic rings. The van der Waals surface area contributed by atoms with Crippen LogP contribution >= 0.6 is 62.6 Å². The summed E-state index contributed by atoms with van der Waals surface area (Å²) in [6.45, 7) is 1.93. The Morgan fingerprint density at radius 3 is 2.71 bits per heavy atom. The molecule has 2 aromatic heterocycles. The number of nitrogens with one attached hydrogen (secondary N) is 1. The molecular formula is C11H12BrCl2NS2. The fourth-order valence-electron chi connectivity index (χ4n) is 1.36. The first kappa shape index (κ1) is 15.5. The van der Waals surface area contributed by atoms with Gasteiger partial charge < -0.3 is 5.32 Å².